The van der Waals surface area contributed by atoms with Crippen LogP contribution < -0.4 is 9.80 Å². The molecule has 0 saturated carbocycles. The van der Waals surface area contributed by atoms with Gasteiger partial charge in [0.1, 0.15) is 12.1 Å². The van der Waals surface area contributed by atoms with Crippen molar-refractivity contribution in [1.82, 2.24) is 9.97 Å². The Balaban J connectivity index is 1.87. The van der Waals surface area contributed by atoms with Gasteiger partial charge in [-0.2, -0.15) is 10.5 Å². The van der Waals surface area contributed by atoms with Crippen molar-refractivity contribution >= 4 is 35.4 Å². The summed E-state index contributed by atoms with van der Waals surface area (Å²) < 4.78 is 0. The highest BCUT2D eigenvalue weighted by Gasteiger charge is 2.12. The fourth-order valence-electron chi connectivity index (χ4n) is 2.74. The second-order valence-electron chi connectivity index (χ2n) is 7.28. The van der Waals surface area contributed by atoms with E-state index in [9.17, 15) is 10.5 Å². The second-order valence-corrected chi connectivity index (χ2v) is 7.28. The van der Waals surface area contributed by atoms with Gasteiger partial charge < -0.3 is 9.80 Å². The van der Waals surface area contributed by atoms with Gasteiger partial charge in [-0.3, -0.25) is 0 Å². The van der Waals surface area contributed by atoms with Crippen molar-refractivity contribution in [3.63, 3.8) is 0 Å². The highest BCUT2D eigenvalue weighted by Crippen LogP contribution is 2.22. The van der Waals surface area contributed by atoms with Crippen LogP contribution in [0.4, 0.5) is 23.0 Å². The minimum absolute atomic E-state index is 0.000248. The number of nitrogens with zero attached hydrogens (tertiary/aromatic N) is 8. The van der Waals surface area contributed by atoms with Crippen molar-refractivity contribution < 1.29 is 0 Å². The summed E-state index contributed by atoms with van der Waals surface area (Å²) in [5.41, 5.74) is 3.79. The third-order valence-corrected chi connectivity index (χ3v) is 4.56. The van der Waals surface area contributed by atoms with Gasteiger partial charge in [-0.15, -0.1) is 0 Å². The highest BCUT2D eigenvalue weighted by molar-refractivity contribution is 5.84. The molecule has 158 valence electrons. The van der Waals surface area contributed by atoms with Gasteiger partial charge >= 0.3 is 0 Å². The van der Waals surface area contributed by atoms with Crippen LogP contribution in [0.1, 0.15) is 22.5 Å². The van der Waals surface area contributed by atoms with E-state index >= 15 is 0 Å². The van der Waals surface area contributed by atoms with Crippen LogP contribution in [0.2, 0.25) is 0 Å². The van der Waals surface area contributed by atoms with Crippen LogP contribution >= 0.6 is 0 Å². The van der Waals surface area contributed by atoms with Crippen molar-refractivity contribution in [3.05, 3.63) is 71.0 Å². The van der Waals surface area contributed by atoms with E-state index in [2.05, 4.69) is 20.0 Å². The molecule has 3 aromatic rings. The van der Waals surface area contributed by atoms with Gasteiger partial charge in [-0.1, -0.05) is 24.3 Å². The first kappa shape index (κ1) is 22.1. The fourth-order valence-corrected chi connectivity index (χ4v) is 2.74. The molecular weight excluding hydrogens is 400 g/mol. The number of benzene rings is 2. The lowest BCUT2D eigenvalue weighted by Gasteiger charge is -2.11. The van der Waals surface area contributed by atoms with E-state index in [1.54, 1.807) is 12.4 Å². The van der Waals surface area contributed by atoms with Crippen molar-refractivity contribution in [1.29, 1.82) is 10.5 Å². The van der Waals surface area contributed by atoms with Gasteiger partial charge in [-0.05, 0) is 35.4 Å². The van der Waals surface area contributed by atoms with Crippen molar-refractivity contribution in [2.75, 3.05) is 38.0 Å². The quantitative estimate of drug-likeness (QED) is 0.559. The van der Waals surface area contributed by atoms with Crippen LogP contribution in [-0.4, -0.2) is 50.6 Å². The molecule has 0 fully saturated rings. The molecule has 0 radical (unpaired) electrons. The van der Waals surface area contributed by atoms with Crippen LogP contribution in [0, 0.1) is 22.7 Å². The minimum atomic E-state index is 0.000248. The number of rotatable bonds is 6. The Morgan fingerprint density at radius 2 is 1.00 bits per heavy atom. The summed E-state index contributed by atoms with van der Waals surface area (Å²) >= 11 is 0. The average molecular weight is 422 g/mol. The molecular formula is C24H22N8. The standard InChI is InChI=1S/C24H22N8/c1-31(2)19-9-5-17(6-10-19)15-27-23-21(13-25)30-24(22(14-26)29-23)28-16-18-7-11-20(12-8-18)32(3)4/h5-12,15-16H,1-4H3/b27-15+,28-16?. The molecule has 0 spiro atoms. The molecule has 1 aromatic heterocycles. The summed E-state index contributed by atoms with van der Waals surface area (Å²) in [5, 5.41) is 19.0. The molecule has 1 heterocycles. The van der Waals surface area contributed by atoms with Crippen molar-refractivity contribution in [2.45, 2.75) is 0 Å². The lowest BCUT2D eigenvalue weighted by atomic mass is 10.2. The number of aliphatic imine (C=N–C) groups is 2. The smallest absolute Gasteiger partial charge is 0.190 e. The second kappa shape index (κ2) is 9.96. The van der Waals surface area contributed by atoms with E-state index in [1.807, 2.05) is 98.7 Å². The van der Waals surface area contributed by atoms with Gasteiger partial charge in [-0.25, -0.2) is 20.0 Å². The molecule has 0 saturated heterocycles. The highest BCUT2D eigenvalue weighted by atomic mass is 15.1. The molecule has 0 aliphatic rings. The third-order valence-electron chi connectivity index (χ3n) is 4.56. The van der Waals surface area contributed by atoms with Crippen molar-refractivity contribution in [3.8, 4) is 12.1 Å². The molecule has 0 bridgehead atoms. The summed E-state index contributed by atoms with van der Waals surface area (Å²) in [7, 11) is 7.85. The number of hydrogen-bond donors (Lipinski definition) is 0. The van der Waals surface area contributed by atoms with Crippen LogP contribution in [-0.2, 0) is 0 Å². The zero-order chi connectivity index (χ0) is 23.1. The zero-order valence-electron chi connectivity index (χ0n) is 18.4. The van der Waals surface area contributed by atoms with Gasteiger partial charge in [0.05, 0.1) is 0 Å². The summed E-state index contributed by atoms with van der Waals surface area (Å²) in [6.45, 7) is 0. The van der Waals surface area contributed by atoms with Gasteiger partial charge in [0.25, 0.3) is 0 Å². The fraction of sp³-hybridized carbons (Fsp3) is 0.167. The Bertz CT molecular complexity index is 1130. The molecule has 3 rings (SSSR count). The van der Waals surface area contributed by atoms with Crippen LogP contribution in [0.5, 0.6) is 0 Å². The SMILES string of the molecule is CN(C)c1ccc(C=Nc2nc(C#N)c(/N=C/c3ccc(N(C)C)cc3)nc2C#N)cc1. The number of nitriles is 2. The summed E-state index contributed by atoms with van der Waals surface area (Å²) in [6, 6.07) is 19.4. The maximum Gasteiger partial charge on any atom is 0.190 e. The molecule has 8 nitrogen and oxygen atoms in total. The van der Waals surface area contributed by atoms with Gasteiger partial charge in [0.2, 0.25) is 0 Å². The molecule has 8 heteroatoms. The van der Waals surface area contributed by atoms with Gasteiger partial charge in [0, 0.05) is 52.0 Å². The Morgan fingerprint density at radius 3 is 1.28 bits per heavy atom. The monoisotopic (exact) mass is 422 g/mol. The number of aromatic nitrogens is 2. The molecule has 32 heavy (non-hydrogen) atoms. The first-order chi connectivity index (χ1) is 15.4. The topological polar surface area (TPSA) is 105 Å². The van der Waals surface area contributed by atoms with E-state index in [1.165, 1.54) is 0 Å². The Kier molecular flexibility index (Phi) is 6.89. The maximum absolute atomic E-state index is 9.50. The molecule has 0 atom stereocenters. The van der Waals surface area contributed by atoms with Crippen molar-refractivity contribution in [2.24, 2.45) is 9.98 Å². The predicted octanol–water partition coefficient (Wildman–Crippen LogP) is 3.85. The molecule has 2 aromatic carbocycles. The van der Waals surface area contributed by atoms with E-state index < -0.39 is 0 Å². The van der Waals surface area contributed by atoms with E-state index in [0.717, 1.165) is 22.5 Å². The number of anilines is 2. The Labute approximate surface area is 187 Å². The van der Waals surface area contributed by atoms with Crippen LogP contribution in [0.3, 0.4) is 0 Å². The largest absolute Gasteiger partial charge is 0.378 e. The van der Waals surface area contributed by atoms with E-state index in [4.69, 9.17) is 0 Å². The first-order valence-corrected chi connectivity index (χ1v) is 9.76. The lowest BCUT2D eigenvalue weighted by molar-refractivity contribution is 1.11. The number of hydrogen-bond acceptors (Lipinski definition) is 8. The maximum atomic E-state index is 9.50. The van der Waals surface area contributed by atoms with Gasteiger partial charge in [0.15, 0.2) is 23.0 Å². The van der Waals surface area contributed by atoms with E-state index in [0.29, 0.717) is 0 Å². The molecule has 0 unspecified atom stereocenters. The van der Waals surface area contributed by atoms with Crippen LogP contribution in [0.25, 0.3) is 0 Å². The molecule has 0 aliphatic carbocycles. The minimum Gasteiger partial charge on any atom is -0.378 e. The Morgan fingerprint density at radius 1 is 0.656 bits per heavy atom. The third kappa shape index (κ3) is 5.32. The molecule has 0 aliphatic heterocycles. The summed E-state index contributed by atoms with van der Waals surface area (Å²) in [6.07, 6.45) is 3.17. The van der Waals surface area contributed by atoms with Crippen LogP contribution in [0.15, 0.2) is 58.5 Å². The summed E-state index contributed by atoms with van der Waals surface area (Å²) in [4.78, 5) is 20.9. The average Bonchev–Trinajstić information content (AvgIpc) is 2.81. The first-order valence-electron chi connectivity index (χ1n) is 9.76. The lowest BCUT2D eigenvalue weighted by Crippen LogP contribution is -2.08. The predicted molar refractivity (Wildman–Crippen MR) is 128 cm³/mol. The zero-order valence-corrected chi connectivity index (χ0v) is 18.4. The molecule has 0 amide bonds. The normalized spacial score (nSPS) is 10.8. The van der Waals surface area contributed by atoms with E-state index in [-0.39, 0.29) is 23.0 Å². The Hall–Kier alpha value is -4.56. The summed E-state index contributed by atoms with van der Waals surface area (Å²) in [5.74, 6) is 0.157. The molecule has 0 N–H and O–H groups in total.